The Bertz CT molecular complexity index is 720. The molecule has 0 bridgehead atoms. The Labute approximate surface area is 114 Å². The number of hydrogen-bond donors (Lipinski definition) is 1. The van der Waals surface area contributed by atoms with E-state index < -0.39 is 0 Å². The number of hydrogen-bond acceptors (Lipinski definition) is 5. The summed E-state index contributed by atoms with van der Waals surface area (Å²) in [5.74, 6) is 0.672. The van der Waals surface area contributed by atoms with Crippen molar-refractivity contribution in [2.75, 3.05) is 7.11 Å². The number of thioether (sulfide) groups is 1. The molecule has 1 aromatic carbocycles. The van der Waals surface area contributed by atoms with Gasteiger partial charge in [-0.15, -0.1) is 11.8 Å². The molecule has 2 aromatic rings. The van der Waals surface area contributed by atoms with Crippen LogP contribution >= 0.6 is 11.8 Å². The zero-order valence-corrected chi connectivity index (χ0v) is 11.4. The van der Waals surface area contributed by atoms with Crippen LogP contribution in [-0.4, -0.2) is 12.5 Å². The first-order chi connectivity index (χ1) is 9.17. The summed E-state index contributed by atoms with van der Waals surface area (Å²) in [6, 6.07) is 7.29. The summed E-state index contributed by atoms with van der Waals surface area (Å²) in [7, 11) is 1.58. The highest BCUT2D eigenvalue weighted by atomic mass is 32.2. The van der Waals surface area contributed by atoms with Crippen molar-refractivity contribution in [2.45, 2.75) is 12.3 Å². The van der Waals surface area contributed by atoms with Gasteiger partial charge in [0.15, 0.2) is 0 Å². The highest BCUT2D eigenvalue weighted by Crippen LogP contribution is 2.27. The van der Waals surface area contributed by atoms with E-state index in [1.807, 2.05) is 30.5 Å². The summed E-state index contributed by atoms with van der Waals surface area (Å²) >= 11 is 1.65. The molecule has 0 spiro atoms. The Hall–Kier alpha value is -1.88. The molecule has 4 nitrogen and oxygen atoms in total. The van der Waals surface area contributed by atoms with Crippen LogP contribution in [0.4, 0.5) is 0 Å². The molecular weight excluding hydrogens is 262 g/mol. The standard InChI is InChI=1S/C14H13NO3S/c1-8-15-12(7-19-8)11-5-9-3-4-10(17-2)6-13(9)18-14(11)16/h3-8,15H,1-2H3. The molecule has 0 fully saturated rings. The van der Waals surface area contributed by atoms with E-state index in [0.29, 0.717) is 16.9 Å². The predicted molar refractivity (Wildman–Crippen MR) is 77.2 cm³/mol. The third-order valence-electron chi connectivity index (χ3n) is 2.98. The zero-order chi connectivity index (χ0) is 13.4. The molecule has 1 aliphatic rings. The minimum Gasteiger partial charge on any atom is -0.497 e. The summed E-state index contributed by atoms with van der Waals surface area (Å²) in [6.45, 7) is 2.04. The molecule has 1 N–H and O–H groups in total. The molecule has 0 saturated heterocycles. The monoisotopic (exact) mass is 275 g/mol. The first kappa shape index (κ1) is 12.2. The normalized spacial score (nSPS) is 18.2. The third kappa shape index (κ3) is 2.21. The van der Waals surface area contributed by atoms with Gasteiger partial charge in [0.2, 0.25) is 0 Å². The lowest BCUT2D eigenvalue weighted by atomic mass is 10.1. The molecule has 2 heterocycles. The Morgan fingerprint density at radius 2 is 2.21 bits per heavy atom. The molecule has 1 aromatic heterocycles. The minimum absolute atomic E-state index is 0.279. The molecular formula is C14H13NO3S. The van der Waals surface area contributed by atoms with Gasteiger partial charge in [-0.1, -0.05) is 0 Å². The van der Waals surface area contributed by atoms with Crippen molar-refractivity contribution in [3.05, 3.63) is 45.7 Å². The van der Waals surface area contributed by atoms with Crippen molar-refractivity contribution in [1.82, 2.24) is 5.32 Å². The van der Waals surface area contributed by atoms with E-state index in [2.05, 4.69) is 5.32 Å². The Kier molecular flexibility index (Phi) is 2.98. The van der Waals surface area contributed by atoms with Gasteiger partial charge >= 0.3 is 5.63 Å². The van der Waals surface area contributed by atoms with E-state index >= 15 is 0 Å². The molecule has 0 saturated carbocycles. The van der Waals surface area contributed by atoms with E-state index in [0.717, 1.165) is 11.1 Å². The van der Waals surface area contributed by atoms with Crippen LogP contribution in [0, 0.1) is 0 Å². The molecule has 1 aliphatic heterocycles. The number of nitrogens with one attached hydrogen (secondary N) is 1. The second-order valence-corrected chi connectivity index (χ2v) is 5.52. The van der Waals surface area contributed by atoms with E-state index in [1.54, 1.807) is 24.9 Å². The molecule has 0 aliphatic carbocycles. The van der Waals surface area contributed by atoms with Crippen LogP contribution in [0.1, 0.15) is 12.5 Å². The smallest absolute Gasteiger partial charge is 0.345 e. The van der Waals surface area contributed by atoms with E-state index in [1.165, 1.54) is 0 Å². The molecule has 1 unspecified atom stereocenters. The van der Waals surface area contributed by atoms with E-state index in [4.69, 9.17) is 9.15 Å². The average molecular weight is 275 g/mol. The first-order valence-electron chi connectivity index (χ1n) is 5.92. The molecule has 3 rings (SSSR count). The number of rotatable bonds is 2. The highest BCUT2D eigenvalue weighted by molar-refractivity contribution is 8.03. The zero-order valence-electron chi connectivity index (χ0n) is 10.6. The van der Waals surface area contributed by atoms with Gasteiger partial charge in [-0.3, -0.25) is 0 Å². The first-order valence-corrected chi connectivity index (χ1v) is 6.86. The van der Waals surface area contributed by atoms with Crippen LogP contribution in [0.25, 0.3) is 16.7 Å². The number of benzene rings is 1. The molecule has 19 heavy (non-hydrogen) atoms. The topological polar surface area (TPSA) is 51.5 Å². The molecule has 0 radical (unpaired) electrons. The number of ether oxygens (including phenoxy) is 1. The minimum atomic E-state index is -0.339. The van der Waals surface area contributed by atoms with E-state index in [-0.39, 0.29) is 11.0 Å². The number of methoxy groups -OCH3 is 1. The van der Waals surface area contributed by atoms with Gasteiger partial charge in [0.05, 0.1) is 23.7 Å². The summed E-state index contributed by atoms with van der Waals surface area (Å²) in [5.41, 5.74) is 1.58. The van der Waals surface area contributed by atoms with Gasteiger partial charge in [-0.25, -0.2) is 4.79 Å². The Morgan fingerprint density at radius 1 is 1.37 bits per heavy atom. The second kappa shape index (κ2) is 4.66. The maximum absolute atomic E-state index is 12.0. The van der Waals surface area contributed by atoms with Crippen molar-refractivity contribution >= 4 is 28.4 Å². The van der Waals surface area contributed by atoms with Crippen LogP contribution in [0.2, 0.25) is 0 Å². The third-order valence-corrected chi connectivity index (χ3v) is 3.88. The molecule has 1 atom stereocenters. The fraction of sp³-hybridized carbons (Fsp3) is 0.214. The predicted octanol–water partition coefficient (Wildman–Crippen LogP) is 2.78. The van der Waals surface area contributed by atoms with Crippen LogP contribution < -0.4 is 15.7 Å². The molecule has 0 amide bonds. The van der Waals surface area contributed by atoms with Crippen LogP contribution in [0.5, 0.6) is 5.75 Å². The van der Waals surface area contributed by atoms with Gasteiger partial charge in [0.25, 0.3) is 0 Å². The molecule has 5 heteroatoms. The SMILES string of the molecule is COc1ccc2cc(C3=CSC(C)N3)c(=O)oc2c1. The Morgan fingerprint density at radius 3 is 2.89 bits per heavy atom. The maximum atomic E-state index is 12.0. The van der Waals surface area contributed by atoms with Gasteiger partial charge in [-0.2, -0.15) is 0 Å². The van der Waals surface area contributed by atoms with Gasteiger partial charge in [0.1, 0.15) is 11.3 Å². The Balaban J connectivity index is 2.13. The fourth-order valence-electron chi connectivity index (χ4n) is 2.00. The van der Waals surface area contributed by atoms with Gasteiger partial charge in [-0.05, 0) is 30.5 Å². The average Bonchev–Trinajstić information content (AvgIpc) is 2.83. The summed E-state index contributed by atoms with van der Waals surface area (Å²) in [6.07, 6.45) is 0. The largest absolute Gasteiger partial charge is 0.497 e. The van der Waals surface area contributed by atoms with Crippen molar-refractivity contribution in [3.8, 4) is 5.75 Å². The second-order valence-electron chi connectivity index (χ2n) is 4.31. The van der Waals surface area contributed by atoms with Crippen molar-refractivity contribution in [3.63, 3.8) is 0 Å². The van der Waals surface area contributed by atoms with Crippen LogP contribution in [0.3, 0.4) is 0 Å². The van der Waals surface area contributed by atoms with Gasteiger partial charge in [0, 0.05) is 11.5 Å². The quantitative estimate of drug-likeness (QED) is 0.854. The molecule has 98 valence electrons. The lowest BCUT2D eigenvalue weighted by Crippen LogP contribution is -2.19. The lowest BCUT2D eigenvalue weighted by Gasteiger charge is -2.07. The van der Waals surface area contributed by atoms with Crippen LogP contribution in [-0.2, 0) is 0 Å². The van der Waals surface area contributed by atoms with Crippen molar-refractivity contribution in [1.29, 1.82) is 0 Å². The summed E-state index contributed by atoms with van der Waals surface area (Å²) in [5, 5.41) is 6.34. The van der Waals surface area contributed by atoms with E-state index in [9.17, 15) is 4.79 Å². The fourth-order valence-corrected chi connectivity index (χ4v) is 2.73. The summed E-state index contributed by atoms with van der Waals surface area (Å²) in [4.78, 5) is 12.0. The van der Waals surface area contributed by atoms with Crippen molar-refractivity contribution in [2.24, 2.45) is 0 Å². The number of fused-ring (bicyclic) bond motifs is 1. The summed E-state index contributed by atoms with van der Waals surface area (Å²) < 4.78 is 10.5. The highest BCUT2D eigenvalue weighted by Gasteiger charge is 2.17. The van der Waals surface area contributed by atoms with Gasteiger partial charge < -0.3 is 14.5 Å². The van der Waals surface area contributed by atoms with Crippen molar-refractivity contribution < 1.29 is 9.15 Å². The van der Waals surface area contributed by atoms with Crippen LogP contribution in [0.15, 0.2) is 38.9 Å². The lowest BCUT2D eigenvalue weighted by molar-refractivity contribution is 0.414. The maximum Gasteiger partial charge on any atom is 0.345 e.